The summed E-state index contributed by atoms with van der Waals surface area (Å²) < 4.78 is 7.25. The number of benzene rings is 4. The summed E-state index contributed by atoms with van der Waals surface area (Å²) in [7, 11) is 0. The van der Waals surface area contributed by atoms with Crippen LogP contribution in [-0.2, 0) is 11.4 Å². The number of hydrogen-bond donors (Lipinski definition) is 1. The van der Waals surface area contributed by atoms with Crippen LogP contribution >= 0.6 is 27.7 Å². The molecule has 0 saturated carbocycles. The van der Waals surface area contributed by atoms with Gasteiger partial charge < -0.3 is 10.1 Å². The molecule has 0 bridgehead atoms. The highest BCUT2D eigenvalue weighted by Crippen LogP contribution is 2.35. The lowest BCUT2D eigenvalue weighted by Crippen LogP contribution is -2.19. The summed E-state index contributed by atoms with van der Waals surface area (Å²) in [6, 6.07) is 28.0. The van der Waals surface area contributed by atoms with Gasteiger partial charge in [0.2, 0.25) is 0 Å². The molecule has 0 aromatic heterocycles. The number of carbonyl (C=O) groups is 1. The maximum atomic E-state index is 12.8. The summed E-state index contributed by atoms with van der Waals surface area (Å²) in [6.07, 6.45) is 1.90. The molecule has 1 aliphatic heterocycles. The minimum Gasteiger partial charge on any atom is -0.488 e. The first-order valence-corrected chi connectivity index (χ1v) is 12.4. The molecule has 4 nitrogen and oxygen atoms in total. The molecule has 5 rings (SSSR count). The van der Waals surface area contributed by atoms with E-state index in [-0.39, 0.29) is 5.91 Å². The zero-order valence-corrected chi connectivity index (χ0v) is 20.8. The van der Waals surface area contributed by atoms with Crippen LogP contribution in [-0.4, -0.2) is 11.1 Å². The summed E-state index contributed by atoms with van der Waals surface area (Å²) in [5, 5.41) is 5.56. The van der Waals surface area contributed by atoms with Crippen LogP contribution in [0.1, 0.15) is 16.7 Å². The number of carbonyl (C=O) groups excluding carboxylic acids is 1. The average Bonchev–Trinajstić information content (AvgIpc) is 3.19. The highest BCUT2D eigenvalue weighted by atomic mass is 79.9. The Kier molecular flexibility index (Phi) is 6.52. The molecular formula is C28H21BrN2O2S. The Bertz CT molecular complexity index is 1430. The van der Waals surface area contributed by atoms with Crippen LogP contribution < -0.4 is 10.1 Å². The van der Waals surface area contributed by atoms with Gasteiger partial charge in [0, 0.05) is 10.0 Å². The van der Waals surface area contributed by atoms with E-state index in [1.54, 1.807) is 0 Å². The number of aliphatic imine (C=N–C) groups is 1. The average molecular weight is 529 g/mol. The molecule has 168 valence electrons. The van der Waals surface area contributed by atoms with Gasteiger partial charge in [-0.05, 0) is 71.4 Å². The number of amides is 1. The maximum absolute atomic E-state index is 12.8. The topological polar surface area (TPSA) is 50.7 Å². The van der Waals surface area contributed by atoms with Crippen molar-refractivity contribution in [3.8, 4) is 5.75 Å². The van der Waals surface area contributed by atoms with Gasteiger partial charge >= 0.3 is 0 Å². The molecule has 1 amide bonds. The van der Waals surface area contributed by atoms with Crippen molar-refractivity contribution < 1.29 is 9.53 Å². The SMILES string of the molecule is Cc1ccc(N=C2NC(=O)/C(=C\c3c(OCc4ccc(Br)cc4)ccc4ccccc34)S2)cc1. The van der Waals surface area contributed by atoms with Crippen molar-refractivity contribution in [2.45, 2.75) is 13.5 Å². The summed E-state index contributed by atoms with van der Waals surface area (Å²) in [5.74, 6) is 0.564. The molecule has 1 N–H and O–H groups in total. The number of thioether (sulfide) groups is 1. The van der Waals surface area contributed by atoms with Crippen molar-refractivity contribution in [1.82, 2.24) is 5.32 Å². The first-order valence-electron chi connectivity index (χ1n) is 10.8. The molecule has 0 atom stereocenters. The van der Waals surface area contributed by atoms with Crippen LogP contribution in [0.5, 0.6) is 5.75 Å². The second kappa shape index (κ2) is 9.87. The number of aryl methyl sites for hydroxylation is 1. The van der Waals surface area contributed by atoms with Crippen LogP contribution in [0, 0.1) is 6.92 Å². The number of hydrogen-bond acceptors (Lipinski definition) is 4. The summed E-state index contributed by atoms with van der Waals surface area (Å²) >= 11 is 4.80. The van der Waals surface area contributed by atoms with E-state index in [4.69, 9.17) is 4.74 Å². The van der Waals surface area contributed by atoms with E-state index < -0.39 is 0 Å². The summed E-state index contributed by atoms with van der Waals surface area (Å²) in [4.78, 5) is 17.9. The lowest BCUT2D eigenvalue weighted by atomic mass is 10.0. The molecule has 4 aromatic carbocycles. The zero-order valence-electron chi connectivity index (χ0n) is 18.4. The molecule has 4 aromatic rings. The smallest absolute Gasteiger partial charge is 0.264 e. The monoisotopic (exact) mass is 528 g/mol. The van der Waals surface area contributed by atoms with Gasteiger partial charge in [0.05, 0.1) is 10.6 Å². The van der Waals surface area contributed by atoms with Crippen molar-refractivity contribution in [3.05, 3.63) is 111 Å². The lowest BCUT2D eigenvalue weighted by Gasteiger charge is -2.13. The number of amidine groups is 1. The third-order valence-corrected chi connectivity index (χ3v) is 6.87. The van der Waals surface area contributed by atoms with E-state index >= 15 is 0 Å². The van der Waals surface area contributed by atoms with Gasteiger partial charge in [-0.25, -0.2) is 4.99 Å². The van der Waals surface area contributed by atoms with Crippen LogP contribution in [0.4, 0.5) is 5.69 Å². The van der Waals surface area contributed by atoms with Gasteiger partial charge in [0.15, 0.2) is 5.17 Å². The normalized spacial score (nSPS) is 15.8. The largest absolute Gasteiger partial charge is 0.488 e. The van der Waals surface area contributed by atoms with Gasteiger partial charge in [-0.3, -0.25) is 4.79 Å². The van der Waals surface area contributed by atoms with E-state index in [9.17, 15) is 4.79 Å². The minimum atomic E-state index is -0.164. The highest BCUT2D eigenvalue weighted by Gasteiger charge is 2.25. The number of nitrogens with zero attached hydrogens (tertiary/aromatic N) is 1. The molecule has 1 heterocycles. The van der Waals surface area contributed by atoms with Crippen molar-refractivity contribution in [2.24, 2.45) is 4.99 Å². The quantitative estimate of drug-likeness (QED) is 0.275. The predicted molar refractivity (Wildman–Crippen MR) is 144 cm³/mol. The molecule has 1 fully saturated rings. The number of rotatable bonds is 5. The Hall–Kier alpha value is -3.35. The fourth-order valence-corrected chi connectivity index (χ4v) is 4.73. The van der Waals surface area contributed by atoms with Gasteiger partial charge in [-0.2, -0.15) is 0 Å². The third-order valence-electron chi connectivity index (χ3n) is 5.43. The lowest BCUT2D eigenvalue weighted by molar-refractivity contribution is -0.115. The highest BCUT2D eigenvalue weighted by molar-refractivity contribution is 9.10. The van der Waals surface area contributed by atoms with E-state index in [0.717, 1.165) is 37.8 Å². The Balaban J connectivity index is 1.47. The molecule has 0 aliphatic carbocycles. The van der Waals surface area contributed by atoms with Crippen LogP contribution in [0.2, 0.25) is 0 Å². The van der Waals surface area contributed by atoms with Crippen LogP contribution in [0.3, 0.4) is 0 Å². The number of halogens is 1. The zero-order chi connectivity index (χ0) is 23.5. The molecule has 0 radical (unpaired) electrons. The third kappa shape index (κ3) is 5.08. The Morgan fingerprint density at radius 1 is 0.971 bits per heavy atom. The van der Waals surface area contributed by atoms with Crippen molar-refractivity contribution in [3.63, 3.8) is 0 Å². The molecule has 6 heteroatoms. The molecule has 34 heavy (non-hydrogen) atoms. The van der Waals surface area contributed by atoms with Gasteiger partial charge in [-0.1, -0.05) is 76.1 Å². The molecule has 1 saturated heterocycles. The number of fused-ring (bicyclic) bond motifs is 1. The number of nitrogens with one attached hydrogen (secondary N) is 1. The molecule has 0 unspecified atom stereocenters. The van der Waals surface area contributed by atoms with Crippen molar-refractivity contribution in [2.75, 3.05) is 0 Å². The second-order valence-electron chi connectivity index (χ2n) is 7.93. The van der Waals surface area contributed by atoms with Crippen LogP contribution in [0.25, 0.3) is 16.8 Å². The Morgan fingerprint density at radius 2 is 1.74 bits per heavy atom. The second-order valence-corrected chi connectivity index (χ2v) is 9.88. The predicted octanol–water partition coefficient (Wildman–Crippen LogP) is 7.38. The summed E-state index contributed by atoms with van der Waals surface area (Å²) in [6.45, 7) is 2.46. The molecule has 1 aliphatic rings. The number of ether oxygens (including phenoxy) is 1. The van der Waals surface area contributed by atoms with Crippen molar-refractivity contribution in [1.29, 1.82) is 0 Å². The maximum Gasteiger partial charge on any atom is 0.264 e. The van der Waals surface area contributed by atoms with E-state index in [1.807, 2.05) is 91.9 Å². The van der Waals surface area contributed by atoms with Gasteiger partial charge in [0.1, 0.15) is 12.4 Å². The first kappa shape index (κ1) is 22.4. The van der Waals surface area contributed by atoms with E-state index in [1.165, 1.54) is 17.3 Å². The van der Waals surface area contributed by atoms with Crippen molar-refractivity contribution >= 4 is 61.3 Å². The Morgan fingerprint density at radius 3 is 2.53 bits per heavy atom. The molecular weight excluding hydrogens is 508 g/mol. The fraction of sp³-hybridized carbons (Fsp3) is 0.0714. The van der Waals surface area contributed by atoms with E-state index in [0.29, 0.717) is 16.7 Å². The molecule has 0 spiro atoms. The first-order chi connectivity index (χ1) is 16.5. The summed E-state index contributed by atoms with van der Waals surface area (Å²) in [5.41, 5.74) is 3.91. The minimum absolute atomic E-state index is 0.164. The van der Waals surface area contributed by atoms with Gasteiger partial charge in [0.25, 0.3) is 5.91 Å². The fourth-order valence-electron chi connectivity index (χ4n) is 3.64. The van der Waals surface area contributed by atoms with Crippen LogP contribution in [0.15, 0.2) is 99.3 Å². The van der Waals surface area contributed by atoms with Gasteiger partial charge in [-0.15, -0.1) is 0 Å². The Labute approximate surface area is 210 Å². The van der Waals surface area contributed by atoms with E-state index in [2.05, 4.69) is 32.3 Å². The standard InChI is InChI=1S/C28H21BrN2O2S/c1-18-6-13-22(14-7-18)30-28-31-27(32)26(34-28)16-24-23-5-3-2-4-20(23)10-15-25(24)33-17-19-8-11-21(29)12-9-19/h2-16H,17H2,1H3,(H,30,31,32)/b26-16+.